The summed E-state index contributed by atoms with van der Waals surface area (Å²) in [6.45, 7) is 0. The smallest absolute Gasteiger partial charge is 0.423 e. The zero-order valence-corrected chi connectivity index (χ0v) is 10.8. The summed E-state index contributed by atoms with van der Waals surface area (Å²) in [6, 6.07) is 5.39. The molecule has 0 aliphatic rings. The molecular weight excluding hydrogens is 330 g/mol. The van der Waals surface area contributed by atoms with Crippen molar-refractivity contribution in [3.8, 4) is 0 Å². The molecule has 0 bridgehead atoms. The minimum Gasteiger partial charge on any atom is -0.423 e. The van der Waals surface area contributed by atoms with Gasteiger partial charge >= 0.3 is 7.12 Å². The summed E-state index contributed by atoms with van der Waals surface area (Å²) in [5, 5.41) is 19.1. The molecule has 0 amide bonds. The standard InChI is InChI=1S/C8H6BIO2S2/c10-7-5-2-1-4(9(11)12)3-6(5)14-8(7)13/h1-3,11-13H. The number of thiol groups is 1. The Bertz CT molecular complexity index is 483. The molecule has 1 aromatic heterocycles. The van der Waals surface area contributed by atoms with E-state index >= 15 is 0 Å². The van der Waals surface area contributed by atoms with Crippen LogP contribution in [-0.2, 0) is 0 Å². The van der Waals surface area contributed by atoms with E-state index in [0.29, 0.717) is 5.46 Å². The predicted octanol–water partition coefficient (Wildman–Crippen LogP) is 1.47. The second-order valence-electron chi connectivity index (χ2n) is 2.85. The molecule has 2 aromatic rings. The second kappa shape index (κ2) is 4.01. The van der Waals surface area contributed by atoms with E-state index in [0.717, 1.165) is 17.9 Å². The lowest BCUT2D eigenvalue weighted by Crippen LogP contribution is -2.29. The maximum Gasteiger partial charge on any atom is 0.488 e. The highest BCUT2D eigenvalue weighted by atomic mass is 127. The van der Waals surface area contributed by atoms with Gasteiger partial charge in [0, 0.05) is 13.7 Å². The van der Waals surface area contributed by atoms with Crippen LogP contribution < -0.4 is 5.46 Å². The van der Waals surface area contributed by atoms with Crippen molar-refractivity contribution in [1.82, 2.24) is 0 Å². The molecule has 0 saturated heterocycles. The van der Waals surface area contributed by atoms with E-state index in [2.05, 4.69) is 35.2 Å². The lowest BCUT2D eigenvalue weighted by atomic mass is 9.80. The largest absolute Gasteiger partial charge is 0.488 e. The average Bonchev–Trinajstić information content (AvgIpc) is 2.42. The van der Waals surface area contributed by atoms with Gasteiger partial charge in [-0.05, 0) is 34.1 Å². The van der Waals surface area contributed by atoms with E-state index in [4.69, 9.17) is 10.0 Å². The first-order chi connectivity index (χ1) is 6.59. The van der Waals surface area contributed by atoms with Gasteiger partial charge in [-0.1, -0.05) is 12.1 Å². The molecule has 0 fully saturated rings. The van der Waals surface area contributed by atoms with E-state index in [9.17, 15) is 0 Å². The van der Waals surface area contributed by atoms with Crippen molar-refractivity contribution < 1.29 is 10.0 Å². The molecule has 0 atom stereocenters. The monoisotopic (exact) mass is 336 g/mol. The van der Waals surface area contributed by atoms with E-state index in [-0.39, 0.29) is 0 Å². The molecule has 0 radical (unpaired) electrons. The van der Waals surface area contributed by atoms with Crippen LogP contribution in [0.5, 0.6) is 0 Å². The molecular formula is C8H6BIO2S2. The molecule has 0 saturated carbocycles. The van der Waals surface area contributed by atoms with Crippen LogP contribution in [0.1, 0.15) is 0 Å². The van der Waals surface area contributed by atoms with Gasteiger partial charge in [0.1, 0.15) is 0 Å². The van der Waals surface area contributed by atoms with Crippen LogP contribution in [0.4, 0.5) is 0 Å². The van der Waals surface area contributed by atoms with E-state index in [1.807, 2.05) is 6.07 Å². The van der Waals surface area contributed by atoms with Gasteiger partial charge in [0.2, 0.25) is 0 Å². The third-order valence-corrected chi connectivity index (χ3v) is 5.30. The van der Waals surface area contributed by atoms with Crippen molar-refractivity contribution in [3.05, 3.63) is 21.8 Å². The molecule has 0 spiro atoms. The summed E-state index contributed by atoms with van der Waals surface area (Å²) in [7, 11) is -1.40. The Kier molecular flexibility index (Phi) is 3.08. The van der Waals surface area contributed by atoms with Crippen molar-refractivity contribution >= 4 is 69.2 Å². The third kappa shape index (κ3) is 1.81. The van der Waals surface area contributed by atoms with Crippen LogP contribution in [0.25, 0.3) is 10.1 Å². The Hall–Kier alpha value is 0.245. The second-order valence-corrected chi connectivity index (χ2v) is 5.73. The van der Waals surface area contributed by atoms with Gasteiger partial charge in [-0.3, -0.25) is 0 Å². The first-order valence-corrected chi connectivity index (χ1v) is 6.21. The van der Waals surface area contributed by atoms with Gasteiger partial charge in [0.25, 0.3) is 0 Å². The molecule has 1 heterocycles. The fourth-order valence-corrected chi connectivity index (χ4v) is 3.51. The molecule has 14 heavy (non-hydrogen) atoms. The fourth-order valence-electron chi connectivity index (χ4n) is 1.23. The minimum absolute atomic E-state index is 0.517. The Labute approximate surface area is 105 Å². The van der Waals surface area contributed by atoms with Crippen molar-refractivity contribution in [1.29, 1.82) is 0 Å². The van der Waals surface area contributed by atoms with Crippen LogP contribution in [0, 0.1) is 3.57 Å². The van der Waals surface area contributed by atoms with Crippen LogP contribution in [0.3, 0.4) is 0 Å². The molecule has 2 N–H and O–H groups in total. The first-order valence-electron chi connectivity index (χ1n) is 3.86. The van der Waals surface area contributed by atoms with Gasteiger partial charge in [-0.2, -0.15) is 0 Å². The highest BCUT2D eigenvalue weighted by molar-refractivity contribution is 14.1. The molecule has 2 rings (SSSR count). The quantitative estimate of drug-likeness (QED) is 0.419. The fraction of sp³-hybridized carbons (Fsp3) is 0. The van der Waals surface area contributed by atoms with Crippen molar-refractivity contribution in [2.45, 2.75) is 4.21 Å². The first kappa shape index (κ1) is 10.8. The van der Waals surface area contributed by atoms with E-state index < -0.39 is 7.12 Å². The van der Waals surface area contributed by atoms with Crippen molar-refractivity contribution in [3.63, 3.8) is 0 Å². The number of fused-ring (bicyclic) bond motifs is 1. The zero-order valence-electron chi connectivity index (χ0n) is 6.94. The van der Waals surface area contributed by atoms with Crippen LogP contribution in [0.2, 0.25) is 0 Å². The number of halogens is 1. The number of hydrogen-bond acceptors (Lipinski definition) is 4. The van der Waals surface area contributed by atoms with Crippen LogP contribution in [-0.4, -0.2) is 17.2 Å². The lowest BCUT2D eigenvalue weighted by Gasteiger charge is -1.98. The SMILES string of the molecule is OB(O)c1ccc2c(I)c(S)sc2c1. The summed E-state index contributed by atoms with van der Waals surface area (Å²) in [5.41, 5.74) is 0.517. The lowest BCUT2D eigenvalue weighted by molar-refractivity contribution is 0.426. The third-order valence-electron chi connectivity index (χ3n) is 1.93. The molecule has 0 aliphatic heterocycles. The zero-order chi connectivity index (χ0) is 10.3. The Morgan fingerprint density at radius 2 is 2.07 bits per heavy atom. The molecule has 2 nitrogen and oxygen atoms in total. The Morgan fingerprint density at radius 1 is 1.36 bits per heavy atom. The summed E-state index contributed by atoms with van der Waals surface area (Å²) in [4.78, 5) is 0. The summed E-state index contributed by atoms with van der Waals surface area (Å²) in [6.07, 6.45) is 0. The number of benzene rings is 1. The van der Waals surface area contributed by atoms with Gasteiger partial charge in [0.15, 0.2) is 0 Å². The van der Waals surface area contributed by atoms with E-state index in [1.165, 1.54) is 0 Å². The Balaban J connectivity index is 2.67. The maximum atomic E-state index is 9.00. The van der Waals surface area contributed by atoms with Gasteiger partial charge in [-0.25, -0.2) is 0 Å². The predicted molar refractivity (Wildman–Crippen MR) is 71.6 cm³/mol. The van der Waals surface area contributed by atoms with Gasteiger partial charge in [-0.15, -0.1) is 24.0 Å². The van der Waals surface area contributed by atoms with Crippen molar-refractivity contribution in [2.24, 2.45) is 0 Å². The van der Waals surface area contributed by atoms with Gasteiger partial charge in [0.05, 0.1) is 4.21 Å². The molecule has 72 valence electrons. The Morgan fingerprint density at radius 3 is 2.71 bits per heavy atom. The highest BCUT2D eigenvalue weighted by Crippen LogP contribution is 2.34. The number of hydrogen-bond donors (Lipinski definition) is 3. The summed E-state index contributed by atoms with van der Waals surface area (Å²) >= 11 is 8.11. The average molecular weight is 336 g/mol. The normalized spacial score (nSPS) is 10.9. The number of rotatable bonds is 1. The summed E-state index contributed by atoms with van der Waals surface area (Å²) < 4.78 is 3.11. The van der Waals surface area contributed by atoms with Crippen molar-refractivity contribution in [2.75, 3.05) is 0 Å². The van der Waals surface area contributed by atoms with Crippen LogP contribution >= 0.6 is 46.6 Å². The molecule has 0 unspecified atom stereocenters. The minimum atomic E-state index is -1.40. The maximum absolute atomic E-state index is 9.00. The topological polar surface area (TPSA) is 40.5 Å². The molecule has 6 heteroatoms. The van der Waals surface area contributed by atoms with Gasteiger partial charge < -0.3 is 10.0 Å². The number of thiophene rings is 1. The molecule has 1 aromatic carbocycles. The summed E-state index contributed by atoms with van der Waals surface area (Å²) in [5.74, 6) is 0. The van der Waals surface area contributed by atoms with Crippen LogP contribution in [0.15, 0.2) is 22.4 Å². The van der Waals surface area contributed by atoms with E-state index in [1.54, 1.807) is 23.5 Å². The molecule has 0 aliphatic carbocycles. The highest BCUT2D eigenvalue weighted by Gasteiger charge is 2.13.